The summed E-state index contributed by atoms with van der Waals surface area (Å²) in [6.45, 7) is 0. The van der Waals surface area contributed by atoms with Gasteiger partial charge in [0.05, 0.1) is 27.6 Å². The average molecular weight is 616 g/mol. The Hall–Kier alpha value is -6.73. The van der Waals surface area contributed by atoms with E-state index in [1.54, 1.807) is 6.33 Å². The Morgan fingerprint density at radius 1 is 0.438 bits per heavy atom. The lowest BCUT2D eigenvalue weighted by Gasteiger charge is -2.13. The molecular weight excluding hydrogens is 591 g/mol. The van der Waals surface area contributed by atoms with Crippen LogP contribution < -0.4 is 0 Å². The molecule has 10 rings (SSSR count). The van der Waals surface area contributed by atoms with E-state index in [4.69, 9.17) is 19.9 Å². The number of aromatic nitrogens is 7. The van der Waals surface area contributed by atoms with E-state index in [0.29, 0.717) is 17.6 Å². The molecule has 0 unspecified atom stereocenters. The van der Waals surface area contributed by atoms with Crippen molar-refractivity contribution in [1.29, 1.82) is 0 Å². The summed E-state index contributed by atoms with van der Waals surface area (Å²) in [5.74, 6) is 1.71. The molecule has 0 aliphatic carbocycles. The van der Waals surface area contributed by atoms with Gasteiger partial charge in [0, 0.05) is 49.9 Å². The standard InChI is InChI=1S/C41H25N7/c1-4-12-26(13-5-1)39-44-40(27-14-6-2-7-15-27)46-41(45-39)48-36-32(21-20-28-24-42-25-43-35(28)36)33-23-22-31-30-18-10-11-19-34(30)47(37(31)38(33)48)29-16-8-3-9-17-29/h1-25H. The number of hydrogen-bond donors (Lipinski definition) is 0. The molecular formula is C41H25N7. The SMILES string of the molecule is c1ccc(-c2nc(-c3ccccc3)nc(-n3c4c(ccc5cncnc54)c4ccc5c6ccccc6n(-c6ccccc6)c5c43)n2)cc1. The number of fused-ring (bicyclic) bond motifs is 9. The Morgan fingerprint density at radius 3 is 1.71 bits per heavy atom. The largest absolute Gasteiger partial charge is 0.307 e. The van der Waals surface area contributed by atoms with Crippen LogP contribution in [-0.2, 0) is 0 Å². The zero-order chi connectivity index (χ0) is 31.6. The van der Waals surface area contributed by atoms with Crippen LogP contribution in [0.3, 0.4) is 0 Å². The lowest BCUT2D eigenvalue weighted by atomic mass is 10.1. The molecule has 0 amide bonds. The lowest BCUT2D eigenvalue weighted by molar-refractivity contribution is 0.954. The molecule has 4 heterocycles. The smallest absolute Gasteiger partial charge is 0.238 e. The minimum Gasteiger partial charge on any atom is -0.307 e. The van der Waals surface area contributed by atoms with Crippen molar-refractivity contribution in [3.05, 3.63) is 152 Å². The molecule has 0 fully saturated rings. The Kier molecular flexibility index (Phi) is 5.74. The highest BCUT2D eigenvalue weighted by Gasteiger charge is 2.25. The molecule has 4 aromatic heterocycles. The van der Waals surface area contributed by atoms with E-state index in [1.165, 1.54) is 5.39 Å². The average Bonchev–Trinajstić information content (AvgIpc) is 3.69. The second-order valence-corrected chi connectivity index (χ2v) is 11.8. The van der Waals surface area contributed by atoms with Crippen molar-refractivity contribution in [2.24, 2.45) is 0 Å². The van der Waals surface area contributed by atoms with Gasteiger partial charge < -0.3 is 4.57 Å². The van der Waals surface area contributed by atoms with Crippen molar-refractivity contribution >= 4 is 54.5 Å². The quantitative estimate of drug-likeness (QED) is 0.197. The van der Waals surface area contributed by atoms with Crippen LogP contribution in [0.2, 0.25) is 0 Å². The zero-order valence-electron chi connectivity index (χ0n) is 25.6. The molecule has 224 valence electrons. The fraction of sp³-hybridized carbons (Fsp3) is 0. The van der Waals surface area contributed by atoms with Gasteiger partial charge in [0.1, 0.15) is 6.33 Å². The van der Waals surface area contributed by atoms with Gasteiger partial charge in [-0.2, -0.15) is 9.97 Å². The van der Waals surface area contributed by atoms with Crippen molar-refractivity contribution < 1.29 is 0 Å². The summed E-state index contributed by atoms with van der Waals surface area (Å²) in [4.78, 5) is 24.7. The Morgan fingerprint density at radius 2 is 1.00 bits per heavy atom. The minimum atomic E-state index is 0.520. The van der Waals surface area contributed by atoms with Crippen molar-refractivity contribution in [2.45, 2.75) is 0 Å². The number of hydrogen-bond acceptors (Lipinski definition) is 5. The van der Waals surface area contributed by atoms with Crippen molar-refractivity contribution in [3.8, 4) is 34.4 Å². The van der Waals surface area contributed by atoms with Gasteiger partial charge in [-0.05, 0) is 18.2 Å². The molecule has 48 heavy (non-hydrogen) atoms. The molecule has 0 saturated carbocycles. The topological polar surface area (TPSA) is 74.3 Å². The maximum absolute atomic E-state index is 5.23. The fourth-order valence-electron chi connectivity index (χ4n) is 7.02. The molecule has 0 atom stereocenters. The molecule has 0 N–H and O–H groups in total. The van der Waals surface area contributed by atoms with Crippen LogP contribution in [0.4, 0.5) is 0 Å². The van der Waals surface area contributed by atoms with E-state index < -0.39 is 0 Å². The summed E-state index contributed by atoms with van der Waals surface area (Å²) >= 11 is 0. The molecule has 7 nitrogen and oxygen atoms in total. The normalized spacial score (nSPS) is 11.8. The number of rotatable bonds is 4. The van der Waals surface area contributed by atoms with Crippen LogP contribution in [0.25, 0.3) is 88.9 Å². The van der Waals surface area contributed by atoms with Crippen molar-refractivity contribution in [1.82, 2.24) is 34.1 Å². The Labute approximate surface area is 274 Å². The first-order valence-corrected chi connectivity index (χ1v) is 15.9. The van der Waals surface area contributed by atoms with E-state index >= 15 is 0 Å². The molecule has 0 radical (unpaired) electrons. The van der Waals surface area contributed by atoms with E-state index in [1.807, 2.05) is 66.9 Å². The third kappa shape index (κ3) is 3.91. The highest BCUT2D eigenvalue weighted by atomic mass is 15.2. The van der Waals surface area contributed by atoms with E-state index in [0.717, 1.165) is 65.9 Å². The third-order valence-corrected chi connectivity index (χ3v) is 9.10. The second-order valence-electron chi connectivity index (χ2n) is 11.8. The summed E-state index contributed by atoms with van der Waals surface area (Å²) in [7, 11) is 0. The van der Waals surface area contributed by atoms with E-state index in [-0.39, 0.29) is 0 Å². The predicted molar refractivity (Wildman–Crippen MR) is 192 cm³/mol. The zero-order valence-corrected chi connectivity index (χ0v) is 25.6. The molecule has 0 bridgehead atoms. The molecule has 7 heteroatoms. The second kappa shape index (κ2) is 10.4. The first-order chi connectivity index (χ1) is 23.8. The van der Waals surface area contributed by atoms with Crippen LogP contribution in [0.15, 0.2) is 152 Å². The maximum atomic E-state index is 5.23. The fourth-order valence-corrected chi connectivity index (χ4v) is 7.02. The van der Waals surface area contributed by atoms with Gasteiger partial charge >= 0.3 is 0 Å². The molecule has 6 aromatic carbocycles. The summed E-state index contributed by atoms with van der Waals surface area (Å²) < 4.78 is 4.55. The minimum absolute atomic E-state index is 0.520. The van der Waals surface area contributed by atoms with Gasteiger partial charge in [-0.15, -0.1) is 0 Å². The molecule has 10 aromatic rings. The predicted octanol–water partition coefficient (Wildman–Crippen LogP) is 9.34. The van der Waals surface area contributed by atoms with Crippen molar-refractivity contribution in [2.75, 3.05) is 0 Å². The summed E-state index contributed by atoms with van der Waals surface area (Å²) in [5.41, 5.74) is 7.85. The van der Waals surface area contributed by atoms with Gasteiger partial charge in [0.25, 0.3) is 0 Å². The molecule has 0 aliphatic rings. The van der Waals surface area contributed by atoms with Crippen LogP contribution in [0.5, 0.6) is 0 Å². The highest BCUT2D eigenvalue weighted by Crippen LogP contribution is 2.42. The van der Waals surface area contributed by atoms with Crippen LogP contribution in [0, 0.1) is 0 Å². The Balaban J connectivity index is 1.45. The summed E-state index contributed by atoms with van der Waals surface area (Å²) in [6, 6.07) is 48.0. The van der Waals surface area contributed by atoms with Gasteiger partial charge in [-0.3, -0.25) is 4.57 Å². The number of para-hydroxylation sites is 2. The van der Waals surface area contributed by atoms with Crippen LogP contribution in [-0.4, -0.2) is 34.1 Å². The van der Waals surface area contributed by atoms with E-state index in [2.05, 4.69) is 93.0 Å². The van der Waals surface area contributed by atoms with Crippen LogP contribution >= 0.6 is 0 Å². The highest BCUT2D eigenvalue weighted by molar-refractivity contribution is 6.26. The third-order valence-electron chi connectivity index (χ3n) is 9.10. The summed E-state index contributed by atoms with van der Waals surface area (Å²) in [6.07, 6.45) is 3.47. The van der Waals surface area contributed by atoms with Crippen LogP contribution in [0.1, 0.15) is 0 Å². The van der Waals surface area contributed by atoms with Gasteiger partial charge in [-0.1, -0.05) is 121 Å². The summed E-state index contributed by atoms with van der Waals surface area (Å²) in [5, 5.41) is 5.40. The first-order valence-electron chi connectivity index (χ1n) is 15.9. The molecule has 0 spiro atoms. The van der Waals surface area contributed by atoms with Gasteiger partial charge in [0.15, 0.2) is 11.6 Å². The maximum Gasteiger partial charge on any atom is 0.238 e. The molecule has 0 aliphatic heterocycles. The van der Waals surface area contributed by atoms with Gasteiger partial charge in [-0.25, -0.2) is 15.0 Å². The lowest BCUT2D eigenvalue weighted by Crippen LogP contribution is -2.07. The Bertz CT molecular complexity index is 2760. The monoisotopic (exact) mass is 615 g/mol. The number of benzene rings is 6. The molecule has 0 saturated heterocycles. The van der Waals surface area contributed by atoms with E-state index in [9.17, 15) is 0 Å². The number of nitrogens with zero attached hydrogens (tertiary/aromatic N) is 7. The van der Waals surface area contributed by atoms with Gasteiger partial charge in [0.2, 0.25) is 5.95 Å². The van der Waals surface area contributed by atoms with Crippen molar-refractivity contribution in [3.63, 3.8) is 0 Å². The first kappa shape index (κ1) is 26.5.